The zero-order valence-electron chi connectivity index (χ0n) is 12.5. The Bertz CT molecular complexity index is 704. The summed E-state index contributed by atoms with van der Waals surface area (Å²) in [5, 5.41) is 7.82. The van der Waals surface area contributed by atoms with E-state index in [0.29, 0.717) is 10.7 Å². The molecule has 0 fully saturated rings. The van der Waals surface area contributed by atoms with Crippen molar-refractivity contribution in [2.45, 2.75) is 26.6 Å². The number of halogens is 4. The van der Waals surface area contributed by atoms with Crippen LogP contribution in [0.1, 0.15) is 25.2 Å². The van der Waals surface area contributed by atoms with Crippen LogP contribution in [0.15, 0.2) is 35.7 Å². The molecule has 0 aliphatic carbocycles. The molecule has 1 heterocycles. The molecule has 0 amide bonds. The normalized spacial score (nSPS) is 13.4. The summed E-state index contributed by atoms with van der Waals surface area (Å²) in [6.45, 7) is 3.75. The molecule has 2 rings (SSSR count). The second-order valence-corrected chi connectivity index (χ2v) is 6.07. The maximum absolute atomic E-state index is 12.6. The Kier molecular flexibility index (Phi) is 4.65. The predicted molar refractivity (Wildman–Crippen MR) is 81.0 cm³/mol. The van der Waals surface area contributed by atoms with E-state index in [9.17, 15) is 13.2 Å². The van der Waals surface area contributed by atoms with Crippen LogP contribution in [0.2, 0.25) is 5.02 Å². The highest BCUT2D eigenvalue weighted by Gasteiger charge is 2.36. The van der Waals surface area contributed by atoms with E-state index >= 15 is 0 Å². The Hall–Kier alpha value is -2.09. The Morgan fingerprint density at radius 3 is 2.35 bits per heavy atom. The molecule has 0 atom stereocenters. The van der Waals surface area contributed by atoms with Gasteiger partial charge in [-0.1, -0.05) is 37.6 Å². The number of rotatable bonds is 4. The molecule has 0 radical (unpaired) electrons. The fraction of sp³-hybridized carbons (Fsp3) is 0.357. The minimum absolute atomic E-state index is 0.134. The Morgan fingerprint density at radius 1 is 1.26 bits per heavy atom. The minimum atomic E-state index is -4.57. The first-order valence-electron chi connectivity index (χ1n) is 6.64. The van der Waals surface area contributed by atoms with Crippen molar-refractivity contribution in [3.05, 3.63) is 47.0 Å². The molecule has 0 unspecified atom stereocenters. The SMILES string of the molecule is CC(C)(Cn1cnc(C(F)(F)F)n1)C(=NN)c1ccc(Cl)cc1. The number of hydrogen-bond acceptors (Lipinski definition) is 4. The third kappa shape index (κ3) is 4.01. The highest BCUT2D eigenvalue weighted by Crippen LogP contribution is 2.28. The number of benzene rings is 1. The Morgan fingerprint density at radius 2 is 1.87 bits per heavy atom. The van der Waals surface area contributed by atoms with Gasteiger partial charge in [-0.2, -0.15) is 18.3 Å². The molecule has 0 bridgehead atoms. The smallest absolute Gasteiger partial charge is 0.323 e. The van der Waals surface area contributed by atoms with Gasteiger partial charge in [-0.25, -0.2) is 4.98 Å². The zero-order valence-corrected chi connectivity index (χ0v) is 13.2. The van der Waals surface area contributed by atoms with E-state index in [-0.39, 0.29) is 6.54 Å². The lowest BCUT2D eigenvalue weighted by Gasteiger charge is -2.26. The third-order valence-electron chi connectivity index (χ3n) is 3.24. The summed E-state index contributed by atoms with van der Waals surface area (Å²) in [5.41, 5.74) is 0.593. The summed E-state index contributed by atoms with van der Waals surface area (Å²) < 4.78 is 38.8. The quantitative estimate of drug-likeness (QED) is 0.525. The van der Waals surface area contributed by atoms with E-state index in [1.807, 2.05) is 13.8 Å². The van der Waals surface area contributed by atoms with Crippen LogP contribution in [0.4, 0.5) is 13.2 Å². The van der Waals surface area contributed by atoms with Crippen LogP contribution in [0.3, 0.4) is 0 Å². The summed E-state index contributed by atoms with van der Waals surface area (Å²) in [5.74, 6) is 4.31. The van der Waals surface area contributed by atoms with Crippen LogP contribution in [0, 0.1) is 5.41 Å². The second-order valence-electron chi connectivity index (χ2n) is 5.63. The standard InChI is InChI=1S/C14H15ClF3N5/c1-13(2,7-23-8-20-12(22-23)14(16,17)18)11(21-19)9-3-5-10(15)6-4-9/h3-6,8H,7,19H2,1-2H3. The van der Waals surface area contributed by atoms with Crippen molar-refractivity contribution in [1.29, 1.82) is 0 Å². The van der Waals surface area contributed by atoms with Gasteiger partial charge in [-0.15, -0.1) is 5.10 Å². The molecule has 0 aliphatic heterocycles. The van der Waals surface area contributed by atoms with E-state index in [4.69, 9.17) is 17.4 Å². The molecule has 5 nitrogen and oxygen atoms in total. The first kappa shape index (κ1) is 17.3. The van der Waals surface area contributed by atoms with Crippen molar-refractivity contribution >= 4 is 17.3 Å². The molecule has 2 N–H and O–H groups in total. The molecule has 124 valence electrons. The van der Waals surface area contributed by atoms with Crippen molar-refractivity contribution in [1.82, 2.24) is 14.8 Å². The molecule has 2 aromatic rings. The zero-order chi connectivity index (χ0) is 17.3. The number of hydrazone groups is 1. The average Bonchev–Trinajstić information content (AvgIpc) is 2.89. The maximum Gasteiger partial charge on any atom is 0.453 e. The van der Waals surface area contributed by atoms with Crippen molar-refractivity contribution in [2.75, 3.05) is 0 Å². The van der Waals surface area contributed by atoms with Crippen molar-refractivity contribution in [3.63, 3.8) is 0 Å². The van der Waals surface area contributed by atoms with Gasteiger partial charge in [-0.05, 0) is 17.7 Å². The predicted octanol–water partition coefficient (Wildman–Crippen LogP) is 3.34. The van der Waals surface area contributed by atoms with Crippen molar-refractivity contribution in [2.24, 2.45) is 16.4 Å². The second kappa shape index (κ2) is 6.19. The number of aromatic nitrogens is 3. The maximum atomic E-state index is 12.6. The van der Waals surface area contributed by atoms with Gasteiger partial charge in [0, 0.05) is 10.4 Å². The molecule has 23 heavy (non-hydrogen) atoms. The molecular weight excluding hydrogens is 331 g/mol. The average molecular weight is 346 g/mol. The van der Waals surface area contributed by atoms with Crippen molar-refractivity contribution < 1.29 is 13.2 Å². The highest BCUT2D eigenvalue weighted by molar-refractivity contribution is 6.30. The first-order chi connectivity index (χ1) is 10.6. The monoisotopic (exact) mass is 345 g/mol. The van der Waals surface area contributed by atoms with Gasteiger partial charge in [0.25, 0.3) is 5.82 Å². The summed E-state index contributed by atoms with van der Waals surface area (Å²) in [6, 6.07) is 6.88. The van der Waals surface area contributed by atoms with E-state index < -0.39 is 17.4 Å². The van der Waals surface area contributed by atoms with E-state index in [2.05, 4.69) is 15.2 Å². The first-order valence-corrected chi connectivity index (χ1v) is 7.02. The van der Waals surface area contributed by atoms with Gasteiger partial charge in [0.2, 0.25) is 0 Å². The highest BCUT2D eigenvalue weighted by atomic mass is 35.5. The summed E-state index contributed by atoms with van der Waals surface area (Å²) >= 11 is 5.85. The van der Waals surface area contributed by atoms with Crippen molar-refractivity contribution in [3.8, 4) is 0 Å². The summed E-state index contributed by atoms with van der Waals surface area (Å²) in [4.78, 5) is 3.28. The lowest BCUT2D eigenvalue weighted by atomic mass is 9.83. The largest absolute Gasteiger partial charge is 0.453 e. The Labute approximate surface area is 136 Å². The Balaban J connectivity index is 2.26. The summed E-state index contributed by atoms with van der Waals surface area (Å²) in [6.07, 6.45) is -3.53. The lowest BCUT2D eigenvalue weighted by Crippen LogP contribution is -2.31. The summed E-state index contributed by atoms with van der Waals surface area (Å²) in [7, 11) is 0. The molecule has 0 saturated carbocycles. The lowest BCUT2D eigenvalue weighted by molar-refractivity contribution is -0.145. The van der Waals surface area contributed by atoms with E-state index in [0.717, 1.165) is 16.6 Å². The molecule has 9 heteroatoms. The molecule has 1 aromatic carbocycles. The van der Waals surface area contributed by atoms with E-state index in [1.165, 1.54) is 0 Å². The molecular formula is C14H15ClF3N5. The van der Waals surface area contributed by atoms with E-state index in [1.54, 1.807) is 24.3 Å². The number of nitrogens with zero attached hydrogens (tertiary/aromatic N) is 4. The fourth-order valence-electron chi connectivity index (χ4n) is 2.23. The fourth-order valence-corrected chi connectivity index (χ4v) is 2.35. The van der Waals surface area contributed by atoms with Gasteiger partial charge in [0.15, 0.2) is 0 Å². The molecule has 0 saturated heterocycles. The molecule has 0 aliphatic rings. The number of nitrogens with two attached hydrogens (primary N) is 1. The third-order valence-corrected chi connectivity index (χ3v) is 3.49. The van der Waals surface area contributed by atoms with Crippen LogP contribution < -0.4 is 5.84 Å². The van der Waals surface area contributed by atoms with Crippen LogP contribution in [-0.4, -0.2) is 20.5 Å². The van der Waals surface area contributed by atoms with Crippen LogP contribution in [0.25, 0.3) is 0 Å². The number of hydrogen-bond donors (Lipinski definition) is 1. The minimum Gasteiger partial charge on any atom is -0.323 e. The molecule has 1 aromatic heterocycles. The van der Waals surface area contributed by atoms with Crippen LogP contribution in [0.5, 0.6) is 0 Å². The van der Waals surface area contributed by atoms with Crippen LogP contribution >= 0.6 is 11.6 Å². The van der Waals surface area contributed by atoms with Gasteiger partial charge in [0.05, 0.1) is 12.3 Å². The number of alkyl halides is 3. The topological polar surface area (TPSA) is 69.1 Å². The van der Waals surface area contributed by atoms with Gasteiger partial charge in [-0.3, -0.25) is 4.68 Å². The van der Waals surface area contributed by atoms with Gasteiger partial charge < -0.3 is 5.84 Å². The molecule has 0 spiro atoms. The van der Waals surface area contributed by atoms with Gasteiger partial charge in [0.1, 0.15) is 6.33 Å². The van der Waals surface area contributed by atoms with Gasteiger partial charge >= 0.3 is 6.18 Å². The van der Waals surface area contributed by atoms with Crippen LogP contribution in [-0.2, 0) is 12.7 Å².